The van der Waals surface area contributed by atoms with Crippen LogP contribution in [0.25, 0.3) is 0 Å². The summed E-state index contributed by atoms with van der Waals surface area (Å²) >= 11 is 5.46. The van der Waals surface area contributed by atoms with E-state index in [0.29, 0.717) is 6.04 Å². The lowest BCUT2D eigenvalue weighted by Gasteiger charge is -2.27. The number of thiocarbonyl (C=S) groups is 1. The lowest BCUT2D eigenvalue weighted by atomic mass is 9.88. The predicted molar refractivity (Wildman–Crippen MR) is 98.3 cm³/mol. The summed E-state index contributed by atoms with van der Waals surface area (Å²) in [5, 5.41) is 7.65. The third kappa shape index (κ3) is 6.28. The van der Waals surface area contributed by atoms with Crippen LogP contribution in [0.5, 0.6) is 0 Å². The molecule has 1 aromatic carbocycles. The van der Waals surface area contributed by atoms with Crippen LogP contribution in [0.3, 0.4) is 0 Å². The third-order valence-electron chi connectivity index (χ3n) is 4.51. The largest absolute Gasteiger partial charge is 1.00 e. The van der Waals surface area contributed by atoms with Gasteiger partial charge in [0.05, 0.1) is 6.04 Å². The van der Waals surface area contributed by atoms with Crippen molar-refractivity contribution in [1.29, 1.82) is 0 Å². The van der Waals surface area contributed by atoms with Crippen molar-refractivity contribution >= 4 is 17.3 Å². The maximum absolute atomic E-state index is 5.46. The van der Waals surface area contributed by atoms with Gasteiger partial charge in [0.15, 0.2) is 5.11 Å². The second kappa shape index (κ2) is 10.8. The Bertz CT molecular complexity index is 477. The SMILES string of the molecule is CCN(CC)CCCNC(=S)NC1CCCc2ccccc21.[Cl-]. The van der Waals surface area contributed by atoms with Gasteiger partial charge in [0.1, 0.15) is 0 Å². The Morgan fingerprint density at radius 2 is 2.00 bits per heavy atom. The topological polar surface area (TPSA) is 27.3 Å². The minimum atomic E-state index is 0. The molecule has 1 unspecified atom stereocenters. The van der Waals surface area contributed by atoms with Crippen molar-refractivity contribution < 1.29 is 12.4 Å². The summed E-state index contributed by atoms with van der Waals surface area (Å²) in [5.41, 5.74) is 2.89. The highest BCUT2D eigenvalue weighted by molar-refractivity contribution is 7.80. The molecule has 0 fully saturated rings. The molecule has 23 heavy (non-hydrogen) atoms. The minimum Gasteiger partial charge on any atom is -1.00 e. The Hall–Kier alpha value is -0.840. The molecule has 0 bridgehead atoms. The summed E-state index contributed by atoms with van der Waals surface area (Å²) in [7, 11) is 0. The standard InChI is InChI=1S/C18H29N3S.ClH/c1-3-21(4-2)14-8-13-19-18(22)20-17-12-7-10-15-9-5-6-11-16(15)17;/h5-6,9,11,17H,3-4,7-8,10,12-14H2,1-2H3,(H2,19,20,22);1H/p-1. The molecule has 0 spiro atoms. The van der Waals surface area contributed by atoms with Gasteiger partial charge in [0.2, 0.25) is 0 Å². The van der Waals surface area contributed by atoms with E-state index in [4.69, 9.17) is 12.2 Å². The molecule has 1 aromatic rings. The lowest BCUT2D eigenvalue weighted by Crippen LogP contribution is -3.00. The number of rotatable bonds is 7. The molecule has 0 amide bonds. The van der Waals surface area contributed by atoms with E-state index in [1.807, 2.05) is 0 Å². The first-order chi connectivity index (χ1) is 10.7. The fraction of sp³-hybridized carbons (Fsp3) is 0.611. The molecule has 0 saturated heterocycles. The number of benzene rings is 1. The van der Waals surface area contributed by atoms with Gasteiger partial charge in [0.25, 0.3) is 0 Å². The minimum absolute atomic E-state index is 0. The van der Waals surface area contributed by atoms with E-state index in [1.54, 1.807) is 0 Å². The van der Waals surface area contributed by atoms with Crippen LogP contribution in [0.1, 0.15) is 50.3 Å². The average Bonchev–Trinajstić information content (AvgIpc) is 2.55. The van der Waals surface area contributed by atoms with Gasteiger partial charge in [-0.05, 0) is 68.7 Å². The zero-order valence-corrected chi connectivity index (χ0v) is 15.8. The molecule has 1 atom stereocenters. The van der Waals surface area contributed by atoms with Crippen molar-refractivity contribution in [3.8, 4) is 0 Å². The van der Waals surface area contributed by atoms with Gasteiger partial charge in [-0.2, -0.15) is 0 Å². The van der Waals surface area contributed by atoms with Crippen LogP contribution >= 0.6 is 12.2 Å². The van der Waals surface area contributed by atoms with Crippen LogP contribution < -0.4 is 23.0 Å². The van der Waals surface area contributed by atoms with Gasteiger partial charge in [-0.25, -0.2) is 0 Å². The van der Waals surface area contributed by atoms with E-state index in [1.165, 1.54) is 24.0 Å². The number of nitrogens with one attached hydrogen (secondary N) is 2. The van der Waals surface area contributed by atoms with E-state index in [2.05, 4.69) is 53.6 Å². The second-order valence-corrected chi connectivity index (χ2v) is 6.33. The molecule has 0 radical (unpaired) electrons. The Morgan fingerprint density at radius 1 is 1.26 bits per heavy atom. The van der Waals surface area contributed by atoms with E-state index in [0.717, 1.165) is 44.1 Å². The summed E-state index contributed by atoms with van der Waals surface area (Å²) < 4.78 is 0. The highest BCUT2D eigenvalue weighted by atomic mass is 35.5. The molecule has 0 heterocycles. The molecule has 0 aromatic heterocycles. The van der Waals surface area contributed by atoms with Gasteiger partial charge >= 0.3 is 0 Å². The molecule has 130 valence electrons. The van der Waals surface area contributed by atoms with Crippen LogP contribution in [-0.2, 0) is 6.42 Å². The molecule has 1 aliphatic rings. The summed E-state index contributed by atoms with van der Waals surface area (Å²) in [6, 6.07) is 9.09. The van der Waals surface area contributed by atoms with Gasteiger partial charge in [0, 0.05) is 6.54 Å². The van der Waals surface area contributed by atoms with Gasteiger partial charge in [-0.15, -0.1) is 0 Å². The Labute approximate surface area is 152 Å². The Balaban J connectivity index is 0.00000264. The summed E-state index contributed by atoms with van der Waals surface area (Å²) in [4.78, 5) is 2.44. The number of hydrogen-bond donors (Lipinski definition) is 2. The van der Waals surface area contributed by atoms with E-state index < -0.39 is 0 Å². The zero-order valence-electron chi connectivity index (χ0n) is 14.3. The van der Waals surface area contributed by atoms with Crippen molar-refractivity contribution in [2.75, 3.05) is 26.2 Å². The monoisotopic (exact) mass is 354 g/mol. The smallest absolute Gasteiger partial charge is 0.166 e. The number of hydrogen-bond acceptors (Lipinski definition) is 2. The van der Waals surface area contributed by atoms with Crippen molar-refractivity contribution in [1.82, 2.24) is 15.5 Å². The second-order valence-electron chi connectivity index (χ2n) is 5.92. The van der Waals surface area contributed by atoms with Crippen LogP contribution in [-0.4, -0.2) is 36.2 Å². The first-order valence-electron chi connectivity index (χ1n) is 8.59. The molecule has 0 aliphatic heterocycles. The van der Waals surface area contributed by atoms with Crippen LogP contribution in [0.15, 0.2) is 24.3 Å². The first kappa shape index (κ1) is 20.2. The molecule has 0 saturated carbocycles. The fourth-order valence-electron chi connectivity index (χ4n) is 3.16. The zero-order chi connectivity index (χ0) is 15.8. The van der Waals surface area contributed by atoms with Crippen LogP contribution in [0.4, 0.5) is 0 Å². The average molecular weight is 355 g/mol. The summed E-state index contributed by atoms with van der Waals surface area (Å²) in [5.74, 6) is 0. The molecule has 2 N–H and O–H groups in total. The third-order valence-corrected chi connectivity index (χ3v) is 4.77. The van der Waals surface area contributed by atoms with Gasteiger partial charge in [-0.3, -0.25) is 0 Å². The van der Waals surface area contributed by atoms with Crippen molar-refractivity contribution in [2.24, 2.45) is 0 Å². The normalized spacial score (nSPS) is 16.4. The maximum Gasteiger partial charge on any atom is 0.166 e. The number of aryl methyl sites for hydroxylation is 1. The molecular formula is C18H29ClN3S-. The Kier molecular flexibility index (Phi) is 9.53. The first-order valence-corrected chi connectivity index (χ1v) is 9.00. The van der Waals surface area contributed by atoms with E-state index >= 15 is 0 Å². The fourth-order valence-corrected chi connectivity index (χ4v) is 3.40. The van der Waals surface area contributed by atoms with Gasteiger partial charge in [-0.1, -0.05) is 38.1 Å². The number of halogens is 1. The van der Waals surface area contributed by atoms with Crippen molar-refractivity contribution in [2.45, 2.75) is 45.6 Å². The molecule has 1 aliphatic carbocycles. The van der Waals surface area contributed by atoms with Crippen molar-refractivity contribution in [3.63, 3.8) is 0 Å². The number of fused-ring (bicyclic) bond motifs is 1. The summed E-state index contributed by atoms with van der Waals surface area (Å²) in [6.45, 7) is 8.75. The molecule has 2 rings (SSSR count). The molecule has 5 heteroatoms. The number of nitrogens with zero attached hydrogens (tertiary/aromatic N) is 1. The van der Waals surface area contributed by atoms with Gasteiger partial charge < -0.3 is 27.9 Å². The van der Waals surface area contributed by atoms with Crippen LogP contribution in [0.2, 0.25) is 0 Å². The molecule has 3 nitrogen and oxygen atoms in total. The van der Waals surface area contributed by atoms with E-state index in [-0.39, 0.29) is 12.4 Å². The highest BCUT2D eigenvalue weighted by Crippen LogP contribution is 2.29. The summed E-state index contributed by atoms with van der Waals surface area (Å²) in [6.07, 6.45) is 4.72. The lowest BCUT2D eigenvalue weighted by molar-refractivity contribution is -0.00000473. The highest BCUT2D eigenvalue weighted by Gasteiger charge is 2.19. The maximum atomic E-state index is 5.46. The predicted octanol–water partition coefficient (Wildman–Crippen LogP) is 0.264. The van der Waals surface area contributed by atoms with E-state index in [9.17, 15) is 0 Å². The van der Waals surface area contributed by atoms with Crippen LogP contribution in [0, 0.1) is 0 Å². The molecular weight excluding hydrogens is 326 g/mol. The quantitative estimate of drug-likeness (QED) is 0.543. The van der Waals surface area contributed by atoms with Crippen molar-refractivity contribution in [3.05, 3.63) is 35.4 Å². The Morgan fingerprint density at radius 3 is 2.74 bits per heavy atom.